The average Bonchev–Trinajstić information content (AvgIpc) is 2.91. The van der Waals surface area contributed by atoms with Gasteiger partial charge in [0.05, 0.1) is 17.2 Å². The molecule has 0 amide bonds. The Morgan fingerprint density at radius 1 is 1.17 bits per heavy atom. The number of unbranched alkanes of at least 4 members (excludes halogenated alkanes) is 1. The van der Waals surface area contributed by atoms with Crippen molar-refractivity contribution in [2.45, 2.75) is 52.5 Å². The van der Waals surface area contributed by atoms with Gasteiger partial charge in [0.15, 0.2) is 0 Å². The second kappa shape index (κ2) is 6.90. The molecule has 3 aromatic rings. The summed E-state index contributed by atoms with van der Waals surface area (Å²) in [6, 6.07) is 8.20. The summed E-state index contributed by atoms with van der Waals surface area (Å²) in [7, 11) is 0. The lowest BCUT2D eigenvalue weighted by Crippen LogP contribution is -2.06. The van der Waals surface area contributed by atoms with E-state index in [-0.39, 0.29) is 5.78 Å². The monoisotopic (exact) mass is 309 g/mol. The van der Waals surface area contributed by atoms with E-state index in [1.165, 1.54) is 0 Å². The normalized spacial score (nSPS) is 11.4. The third-order valence-electron chi connectivity index (χ3n) is 4.22. The SMILES string of the molecule is CCCCc1nc2cnc3ccccc3c2n1CCCC(C)=O. The smallest absolute Gasteiger partial charge is 0.129 e. The van der Waals surface area contributed by atoms with Gasteiger partial charge in [-0.3, -0.25) is 4.98 Å². The molecule has 4 nitrogen and oxygen atoms in total. The van der Waals surface area contributed by atoms with Gasteiger partial charge in [-0.2, -0.15) is 0 Å². The Balaban J connectivity index is 2.09. The molecule has 3 rings (SSSR count). The van der Waals surface area contributed by atoms with Gasteiger partial charge in [-0.15, -0.1) is 0 Å². The van der Waals surface area contributed by atoms with Gasteiger partial charge in [0.2, 0.25) is 0 Å². The Morgan fingerprint density at radius 3 is 2.78 bits per heavy atom. The first-order valence-corrected chi connectivity index (χ1v) is 8.43. The summed E-state index contributed by atoms with van der Waals surface area (Å²) in [6.07, 6.45) is 6.59. The van der Waals surface area contributed by atoms with Crippen LogP contribution in [0.3, 0.4) is 0 Å². The fourth-order valence-corrected chi connectivity index (χ4v) is 3.06. The highest BCUT2D eigenvalue weighted by Crippen LogP contribution is 2.25. The number of ketones is 1. The number of aromatic nitrogens is 3. The van der Waals surface area contributed by atoms with Crippen LogP contribution in [0.15, 0.2) is 30.5 Å². The zero-order valence-electron chi connectivity index (χ0n) is 13.9. The minimum atomic E-state index is 0.246. The Bertz CT molecular complexity index is 835. The van der Waals surface area contributed by atoms with E-state index in [4.69, 9.17) is 4.98 Å². The molecule has 2 heterocycles. The van der Waals surface area contributed by atoms with E-state index in [0.29, 0.717) is 6.42 Å². The number of carbonyl (C=O) groups excluding carboxylic acids is 1. The lowest BCUT2D eigenvalue weighted by Gasteiger charge is -2.10. The van der Waals surface area contributed by atoms with Crippen LogP contribution in [-0.2, 0) is 17.8 Å². The molecule has 0 aliphatic heterocycles. The molecule has 23 heavy (non-hydrogen) atoms. The largest absolute Gasteiger partial charge is 0.327 e. The standard InChI is InChI=1S/C19H23N3O/c1-3-4-11-18-21-17-13-20-16-10-6-5-9-15(16)19(17)22(18)12-7-8-14(2)23/h5-6,9-10,13H,3-4,7-8,11-12H2,1-2H3. The van der Waals surface area contributed by atoms with E-state index in [1.807, 2.05) is 24.4 Å². The number of Topliss-reactive ketones (excluding diaryl/α,β-unsaturated/α-hetero) is 1. The quantitative estimate of drug-likeness (QED) is 0.654. The van der Waals surface area contributed by atoms with E-state index >= 15 is 0 Å². The van der Waals surface area contributed by atoms with Crippen LogP contribution in [0.25, 0.3) is 21.9 Å². The topological polar surface area (TPSA) is 47.8 Å². The lowest BCUT2D eigenvalue weighted by molar-refractivity contribution is -0.117. The molecule has 0 atom stereocenters. The molecule has 0 spiro atoms. The zero-order chi connectivity index (χ0) is 16.2. The molecule has 0 fully saturated rings. The molecule has 0 saturated carbocycles. The summed E-state index contributed by atoms with van der Waals surface area (Å²) in [4.78, 5) is 20.6. The van der Waals surface area contributed by atoms with Gasteiger partial charge >= 0.3 is 0 Å². The second-order valence-corrected chi connectivity index (χ2v) is 6.10. The van der Waals surface area contributed by atoms with E-state index in [0.717, 1.165) is 60.0 Å². The second-order valence-electron chi connectivity index (χ2n) is 6.10. The Kier molecular flexibility index (Phi) is 4.70. The van der Waals surface area contributed by atoms with Crippen molar-refractivity contribution in [1.29, 1.82) is 0 Å². The van der Waals surface area contributed by atoms with Crippen molar-refractivity contribution in [3.8, 4) is 0 Å². The number of fused-ring (bicyclic) bond motifs is 3. The maximum absolute atomic E-state index is 11.3. The number of aryl methyl sites for hydroxylation is 2. The van der Waals surface area contributed by atoms with Crippen molar-refractivity contribution in [1.82, 2.24) is 14.5 Å². The van der Waals surface area contributed by atoms with Crippen LogP contribution in [0.5, 0.6) is 0 Å². The molecule has 0 bridgehead atoms. The number of rotatable bonds is 7. The molecule has 0 N–H and O–H groups in total. The lowest BCUT2D eigenvalue weighted by atomic mass is 10.2. The van der Waals surface area contributed by atoms with Gasteiger partial charge in [0, 0.05) is 24.8 Å². The molecule has 4 heteroatoms. The van der Waals surface area contributed by atoms with Crippen LogP contribution in [-0.4, -0.2) is 20.3 Å². The van der Waals surface area contributed by atoms with Crippen LogP contribution in [0.1, 0.15) is 45.4 Å². The number of para-hydroxylation sites is 1. The average molecular weight is 309 g/mol. The number of imidazole rings is 1. The molecule has 0 radical (unpaired) electrons. The van der Waals surface area contributed by atoms with E-state index in [2.05, 4.69) is 22.5 Å². The van der Waals surface area contributed by atoms with Crippen molar-refractivity contribution in [3.63, 3.8) is 0 Å². The number of carbonyl (C=O) groups is 1. The van der Waals surface area contributed by atoms with Crippen LogP contribution in [0.2, 0.25) is 0 Å². The van der Waals surface area contributed by atoms with Crippen molar-refractivity contribution in [3.05, 3.63) is 36.3 Å². The highest BCUT2D eigenvalue weighted by Gasteiger charge is 2.13. The van der Waals surface area contributed by atoms with Crippen LogP contribution in [0.4, 0.5) is 0 Å². The summed E-state index contributed by atoms with van der Waals surface area (Å²) in [5.74, 6) is 1.36. The van der Waals surface area contributed by atoms with Crippen molar-refractivity contribution < 1.29 is 4.79 Å². The maximum atomic E-state index is 11.3. The number of hydrogen-bond acceptors (Lipinski definition) is 3. The summed E-state index contributed by atoms with van der Waals surface area (Å²) in [5.41, 5.74) is 3.11. The first kappa shape index (κ1) is 15.7. The van der Waals surface area contributed by atoms with Gasteiger partial charge in [0.1, 0.15) is 17.1 Å². The first-order chi connectivity index (χ1) is 11.2. The van der Waals surface area contributed by atoms with Crippen LogP contribution < -0.4 is 0 Å². The van der Waals surface area contributed by atoms with E-state index < -0.39 is 0 Å². The number of benzene rings is 1. The molecule has 1 aromatic carbocycles. The number of hydrogen-bond donors (Lipinski definition) is 0. The summed E-state index contributed by atoms with van der Waals surface area (Å²) in [6.45, 7) is 4.69. The third-order valence-corrected chi connectivity index (χ3v) is 4.22. The fourth-order valence-electron chi connectivity index (χ4n) is 3.06. The van der Waals surface area contributed by atoms with Crippen molar-refractivity contribution in [2.24, 2.45) is 0 Å². The van der Waals surface area contributed by atoms with Gasteiger partial charge in [-0.05, 0) is 25.8 Å². The molecular weight excluding hydrogens is 286 g/mol. The molecule has 0 aliphatic carbocycles. The summed E-state index contributed by atoms with van der Waals surface area (Å²) < 4.78 is 2.30. The molecule has 0 saturated heterocycles. The van der Waals surface area contributed by atoms with Crippen molar-refractivity contribution >= 4 is 27.7 Å². The predicted octanol–water partition coefficient (Wildman–Crippen LogP) is 4.30. The van der Waals surface area contributed by atoms with Gasteiger partial charge in [-0.25, -0.2) is 4.98 Å². The first-order valence-electron chi connectivity index (χ1n) is 8.43. The van der Waals surface area contributed by atoms with Gasteiger partial charge in [0.25, 0.3) is 0 Å². The van der Waals surface area contributed by atoms with Crippen LogP contribution >= 0.6 is 0 Å². The third kappa shape index (κ3) is 3.26. The van der Waals surface area contributed by atoms with E-state index in [1.54, 1.807) is 6.92 Å². The predicted molar refractivity (Wildman–Crippen MR) is 93.6 cm³/mol. The van der Waals surface area contributed by atoms with E-state index in [9.17, 15) is 4.79 Å². The Morgan fingerprint density at radius 2 is 2.00 bits per heavy atom. The zero-order valence-corrected chi connectivity index (χ0v) is 13.9. The minimum absolute atomic E-state index is 0.246. The van der Waals surface area contributed by atoms with Gasteiger partial charge < -0.3 is 9.36 Å². The molecular formula is C19H23N3O. The maximum Gasteiger partial charge on any atom is 0.129 e. The Labute approximate surface area is 136 Å². The molecule has 120 valence electrons. The molecule has 2 aromatic heterocycles. The Hall–Kier alpha value is -2.23. The van der Waals surface area contributed by atoms with Gasteiger partial charge in [-0.1, -0.05) is 31.5 Å². The van der Waals surface area contributed by atoms with Crippen molar-refractivity contribution in [2.75, 3.05) is 0 Å². The minimum Gasteiger partial charge on any atom is -0.327 e. The molecule has 0 unspecified atom stereocenters. The number of pyridine rings is 1. The fraction of sp³-hybridized carbons (Fsp3) is 0.421. The molecule has 0 aliphatic rings. The van der Waals surface area contributed by atoms with Crippen LogP contribution in [0, 0.1) is 0 Å². The highest BCUT2D eigenvalue weighted by molar-refractivity contribution is 6.02. The summed E-state index contributed by atoms with van der Waals surface area (Å²) >= 11 is 0. The summed E-state index contributed by atoms with van der Waals surface area (Å²) in [5, 5.41) is 1.14. The number of nitrogens with zero attached hydrogens (tertiary/aromatic N) is 3. The highest BCUT2D eigenvalue weighted by atomic mass is 16.1.